The van der Waals surface area contributed by atoms with Crippen LogP contribution in [0.3, 0.4) is 0 Å². The zero-order valence-corrected chi connectivity index (χ0v) is 15.0. The Hall–Kier alpha value is -2.53. The Labute approximate surface area is 148 Å². The lowest BCUT2D eigenvalue weighted by Gasteiger charge is -2.22. The third kappa shape index (κ3) is 4.31. The highest BCUT2D eigenvalue weighted by Crippen LogP contribution is 2.32. The summed E-state index contributed by atoms with van der Waals surface area (Å²) < 4.78 is 10.7. The van der Waals surface area contributed by atoms with Crippen molar-refractivity contribution < 1.29 is 14.3 Å². The molecule has 0 saturated carbocycles. The van der Waals surface area contributed by atoms with Gasteiger partial charge in [0.1, 0.15) is 0 Å². The molecule has 1 aliphatic heterocycles. The molecule has 25 heavy (non-hydrogen) atoms. The number of carbonyl (C=O) groups excluding carboxylic acids is 1. The maximum Gasteiger partial charge on any atom is 0.236 e. The quantitative estimate of drug-likeness (QED) is 0.811. The number of amides is 1. The molecule has 1 aliphatic rings. The van der Waals surface area contributed by atoms with Gasteiger partial charge in [0.15, 0.2) is 11.5 Å². The van der Waals surface area contributed by atoms with Crippen LogP contribution in [-0.4, -0.2) is 43.1 Å². The van der Waals surface area contributed by atoms with Crippen molar-refractivity contribution in [2.24, 2.45) is 0 Å². The monoisotopic (exact) mass is 340 g/mol. The van der Waals surface area contributed by atoms with Gasteiger partial charge < -0.3 is 14.4 Å². The molecule has 1 amide bonds. The smallest absolute Gasteiger partial charge is 0.236 e. The van der Waals surface area contributed by atoms with E-state index in [9.17, 15) is 4.79 Å². The Balaban J connectivity index is 1.54. The van der Waals surface area contributed by atoms with Crippen molar-refractivity contribution in [3.05, 3.63) is 59.2 Å². The van der Waals surface area contributed by atoms with Crippen LogP contribution in [0.25, 0.3) is 0 Å². The van der Waals surface area contributed by atoms with E-state index in [2.05, 4.69) is 19.1 Å². The van der Waals surface area contributed by atoms with Crippen molar-refractivity contribution in [3.8, 4) is 11.5 Å². The maximum absolute atomic E-state index is 12.5. The fraction of sp³-hybridized carbons (Fsp3) is 0.350. The minimum Gasteiger partial charge on any atom is -0.454 e. The molecule has 5 heteroatoms. The van der Waals surface area contributed by atoms with E-state index < -0.39 is 0 Å². The van der Waals surface area contributed by atoms with Gasteiger partial charge in [-0.1, -0.05) is 30.3 Å². The van der Waals surface area contributed by atoms with Crippen LogP contribution in [0.1, 0.15) is 16.7 Å². The third-order valence-corrected chi connectivity index (χ3v) is 4.39. The number of benzene rings is 2. The van der Waals surface area contributed by atoms with Crippen LogP contribution < -0.4 is 9.47 Å². The second-order valence-corrected chi connectivity index (χ2v) is 6.54. The first-order chi connectivity index (χ1) is 12.0. The summed E-state index contributed by atoms with van der Waals surface area (Å²) in [5.41, 5.74) is 3.48. The molecule has 0 saturated heterocycles. The zero-order chi connectivity index (χ0) is 17.8. The van der Waals surface area contributed by atoms with Crippen LogP contribution >= 0.6 is 0 Å². The molecule has 0 atom stereocenters. The van der Waals surface area contributed by atoms with Crippen LogP contribution in [0.5, 0.6) is 11.5 Å². The van der Waals surface area contributed by atoms with Gasteiger partial charge in [0, 0.05) is 20.1 Å². The molecule has 0 unspecified atom stereocenters. The van der Waals surface area contributed by atoms with Crippen LogP contribution in [0.2, 0.25) is 0 Å². The molecule has 0 N–H and O–H groups in total. The number of carbonyl (C=O) groups is 1. The number of fused-ring (bicyclic) bond motifs is 1. The van der Waals surface area contributed by atoms with Crippen LogP contribution in [0.4, 0.5) is 0 Å². The molecule has 2 aromatic rings. The van der Waals surface area contributed by atoms with Crippen molar-refractivity contribution in [1.29, 1.82) is 0 Å². The molecule has 132 valence electrons. The average molecular weight is 340 g/mol. The molecule has 3 rings (SSSR count). The first-order valence-corrected chi connectivity index (χ1v) is 8.38. The van der Waals surface area contributed by atoms with Gasteiger partial charge in [0.05, 0.1) is 6.54 Å². The average Bonchev–Trinajstić information content (AvgIpc) is 3.04. The van der Waals surface area contributed by atoms with Crippen LogP contribution in [0, 0.1) is 6.92 Å². The van der Waals surface area contributed by atoms with E-state index in [1.807, 2.05) is 49.3 Å². The van der Waals surface area contributed by atoms with E-state index in [0.29, 0.717) is 19.6 Å². The lowest BCUT2D eigenvalue weighted by Crippen LogP contribution is -2.36. The van der Waals surface area contributed by atoms with E-state index in [-0.39, 0.29) is 12.7 Å². The zero-order valence-electron chi connectivity index (χ0n) is 15.0. The number of ether oxygens (including phenoxy) is 2. The lowest BCUT2D eigenvalue weighted by molar-refractivity contribution is -0.131. The summed E-state index contributed by atoms with van der Waals surface area (Å²) in [5, 5.41) is 0. The molecular weight excluding hydrogens is 316 g/mol. The van der Waals surface area contributed by atoms with E-state index in [0.717, 1.165) is 17.1 Å². The van der Waals surface area contributed by atoms with Crippen molar-refractivity contribution in [3.63, 3.8) is 0 Å². The highest BCUT2D eigenvalue weighted by molar-refractivity contribution is 5.78. The highest BCUT2D eigenvalue weighted by Gasteiger charge is 2.16. The molecular formula is C20H24N2O3. The van der Waals surface area contributed by atoms with Crippen LogP contribution in [-0.2, 0) is 17.9 Å². The third-order valence-electron chi connectivity index (χ3n) is 4.39. The van der Waals surface area contributed by atoms with E-state index >= 15 is 0 Å². The molecule has 0 bridgehead atoms. The van der Waals surface area contributed by atoms with Gasteiger partial charge in [0.2, 0.25) is 12.7 Å². The fourth-order valence-corrected chi connectivity index (χ4v) is 2.89. The largest absolute Gasteiger partial charge is 0.454 e. The summed E-state index contributed by atoms with van der Waals surface area (Å²) in [6.07, 6.45) is 0. The topological polar surface area (TPSA) is 42.0 Å². The summed E-state index contributed by atoms with van der Waals surface area (Å²) in [6.45, 7) is 4.02. The van der Waals surface area contributed by atoms with Gasteiger partial charge in [-0.3, -0.25) is 9.69 Å². The molecule has 5 nitrogen and oxygen atoms in total. The number of rotatable bonds is 6. The molecule has 0 radical (unpaired) electrons. The Morgan fingerprint density at radius 2 is 1.80 bits per heavy atom. The van der Waals surface area contributed by atoms with Crippen molar-refractivity contribution in [2.45, 2.75) is 20.0 Å². The normalized spacial score (nSPS) is 12.5. The predicted octanol–water partition coefficient (Wildman–Crippen LogP) is 2.81. The van der Waals surface area contributed by atoms with Gasteiger partial charge in [-0.05, 0) is 42.8 Å². The van der Waals surface area contributed by atoms with E-state index in [1.165, 1.54) is 11.1 Å². The fourth-order valence-electron chi connectivity index (χ4n) is 2.89. The number of aryl methyl sites for hydroxylation is 1. The van der Waals surface area contributed by atoms with Gasteiger partial charge in [-0.2, -0.15) is 0 Å². The van der Waals surface area contributed by atoms with Crippen molar-refractivity contribution in [1.82, 2.24) is 9.80 Å². The highest BCUT2D eigenvalue weighted by atomic mass is 16.7. The Morgan fingerprint density at radius 3 is 2.60 bits per heavy atom. The Kier molecular flexibility index (Phi) is 5.24. The van der Waals surface area contributed by atoms with Crippen molar-refractivity contribution >= 4 is 5.91 Å². The number of nitrogens with zero attached hydrogens (tertiary/aromatic N) is 2. The first kappa shape index (κ1) is 17.3. The summed E-state index contributed by atoms with van der Waals surface area (Å²) in [4.78, 5) is 16.3. The lowest BCUT2D eigenvalue weighted by atomic mass is 10.1. The van der Waals surface area contributed by atoms with Gasteiger partial charge in [0.25, 0.3) is 0 Å². The Morgan fingerprint density at radius 1 is 1.04 bits per heavy atom. The standard InChI is InChI=1S/C20H24N2O3/c1-15-6-4-5-7-17(15)12-22(3)20(23)13-21(2)11-16-8-9-18-19(10-16)25-14-24-18/h4-10H,11-14H2,1-3H3. The molecule has 1 heterocycles. The summed E-state index contributed by atoms with van der Waals surface area (Å²) >= 11 is 0. The first-order valence-electron chi connectivity index (χ1n) is 8.38. The number of likely N-dealkylation sites (N-methyl/N-ethyl adjacent to an activating group) is 2. The molecule has 0 fully saturated rings. The maximum atomic E-state index is 12.5. The predicted molar refractivity (Wildman–Crippen MR) is 96.6 cm³/mol. The number of hydrogen-bond donors (Lipinski definition) is 0. The van der Waals surface area contributed by atoms with E-state index in [1.54, 1.807) is 4.90 Å². The van der Waals surface area contributed by atoms with E-state index in [4.69, 9.17) is 9.47 Å². The Bertz CT molecular complexity index is 760. The molecule has 0 aliphatic carbocycles. The minimum absolute atomic E-state index is 0.103. The van der Waals surface area contributed by atoms with Crippen LogP contribution in [0.15, 0.2) is 42.5 Å². The van der Waals surface area contributed by atoms with Gasteiger partial charge in [-0.25, -0.2) is 0 Å². The summed E-state index contributed by atoms with van der Waals surface area (Å²) in [5.74, 6) is 1.65. The van der Waals surface area contributed by atoms with Gasteiger partial charge in [-0.15, -0.1) is 0 Å². The molecule has 0 aromatic heterocycles. The number of hydrogen-bond acceptors (Lipinski definition) is 4. The summed E-state index contributed by atoms with van der Waals surface area (Å²) in [6, 6.07) is 14.0. The molecule has 0 spiro atoms. The summed E-state index contributed by atoms with van der Waals surface area (Å²) in [7, 11) is 3.80. The second kappa shape index (κ2) is 7.57. The van der Waals surface area contributed by atoms with Gasteiger partial charge >= 0.3 is 0 Å². The second-order valence-electron chi connectivity index (χ2n) is 6.54. The molecule has 2 aromatic carbocycles. The SMILES string of the molecule is Cc1ccccc1CN(C)C(=O)CN(C)Cc1ccc2c(c1)OCO2. The van der Waals surface area contributed by atoms with Crippen molar-refractivity contribution in [2.75, 3.05) is 27.4 Å². The minimum atomic E-state index is 0.103.